The number of carbonyl (C=O) groups excluding carboxylic acids is 3. The molecule has 1 heterocycles. The number of nitriles is 2. The van der Waals surface area contributed by atoms with Crippen LogP contribution in [0.4, 0.5) is 0 Å². The fourth-order valence-electron chi connectivity index (χ4n) is 5.91. The molecule has 0 amide bonds. The highest BCUT2D eigenvalue weighted by Gasteiger charge is 2.95. The zero-order valence-electron chi connectivity index (χ0n) is 18.3. The molecule has 1 saturated carbocycles. The molecule has 0 aromatic carbocycles. The van der Waals surface area contributed by atoms with Crippen LogP contribution >= 0.6 is 11.8 Å². The van der Waals surface area contributed by atoms with E-state index in [0.29, 0.717) is 0 Å². The first-order valence-electron chi connectivity index (χ1n) is 9.62. The highest BCUT2D eigenvalue weighted by atomic mass is 32.2. The minimum absolute atomic E-state index is 0.0218. The van der Waals surface area contributed by atoms with Gasteiger partial charge in [0.05, 0.1) is 30.1 Å². The number of hydrogen-bond donors (Lipinski definition) is 0. The summed E-state index contributed by atoms with van der Waals surface area (Å²) in [7, 11) is 0. The second-order valence-corrected chi connectivity index (χ2v) is 10.9. The molecule has 2 fully saturated rings. The van der Waals surface area contributed by atoms with Gasteiger partial charge < -0.3 is 9.47 Å². The molecule has 0 aromatic heterocycles. The normalized spacial score (nSPS) is 32.6. The van der Waals surface area contributed by atoms with Crippen molar-refractivity contribution in [3.8, 4) is 12.1 Å². The van der Waals surface area contributed by atoms with Gasteiger partial charge >= 0.3 is 11.9 Å². The van der Waals surface area contributed by atoms with Gasteiger partial charge in [-0.1, -0.05) is 27.7 Å². The Kier molecular flexibility index (Phi) is 5.18. The summed E-state index contributed by atoms with van der Waals surface area (Å²) >= 11 is 1.18. The van der Waals surface area contributed by atoms with Crippen molar-refractivity contribution < 1.29 is 23.9 Å². The Morgan fingerprint density at radius 1 is 0.862 bits per heavy atom. The summed E-state index contributed by atoms with van der Waals surface area (Å²) in [5.74, 6) is -2.06. The maximum atomic E-state index is 13.5. The van der Waals surface area contributed by atoms with Crippen molar-refractivity contribution >= 4 is 29.5 Å². The van der Waals surface area contributed by atoms with E-state index in [-0.39, 0.29) is 19.0 Å². The van der Waals surface area contributed by atoms with Crippen LogP contribution in [0.1, 0.15) is 55.4 Å². The summed E-state index contributed by atoms with van der Waals surface area (Å²) in [6.07, 6.45) is 0. The molecule has 0 radical (unpaired) electrons. The lowest BCUT2D eigenvalue weighted by Crippen LogP contribution is -2.80. The van der Waals surface area contributed by atoms with Crippen LogP contribution in [0.2, 0.25) is 0 Å². The molecule has 0 aromatic rings. The lowest BCUT2D eigenvalue weighted by molar-refractivity contribution is -0.194. The Morgan fingerprint density at radius 2 is 1.24 bits per heavy atom. The summed E-state index contributed by atoms with van der Waals surface area (Å²) in [5.41, 5.74) is -6.74. The van der Waals surface area contributed by atoms with Gasteiger partial charge in [-0.15, -0.1) is 11.8 Å². The van der Waals surface area contributed by atoms with E-state index in [4.69, 9.17) is 9.47 Å². The van der Waals surface area contributed by atoms with Crippen molar-refractivity contribution in [3.05, 3.63) is 0 Å². The zero-order valence-corrected chi connectivity index (χ0v) is 19.1. The number of rotatable bonds is 4. The maximum absolute atomic E-state index is 13.5. The first-order chi connectivity index (χ1) is 13.2. The van der Waals surface area contributed by atoms with Gasteiger partial charge in [0.15, 0.2) is 5.41 Å². The molecule has 1 saturated heterocycles. The van der Waals surface area contributed by atoms with E-state index in [1.54, 1.807) is 55.4 Å². The van der Waals surface area contributed by atoms with E-state index in [9.17, 15) is 24.9 Å². The van der Waals surface area contributed by atoms with Crippen LogP contribution in [0.25, 0.3) is 0 Å². The fourth-order valence-corrected chi connectivity index (χ4v) is 8.24. The van der Waals surface area contributed by atoms with Crippen molar-refractivity contribution in [3.63, 3.8) is 0 Å². The third kappa shape index (κ3) is 2.06. The molecule has 29 heavy (non-hydrogen) atoms. The van der Waals surface area contributed by atoms with E-state index >= 15 is 0 Å². The van der Waals surface area contributed by atoms with Crippen LogP contribution in [-0.2, 0) is 23.9 Å². The monoisotopic (exact) mass is 420 g/mol. The number of carbonyl (C=O) groups is 3. The summed E-state index contributed by atoms with van der Waals surface area (Å²) in [4.78, 5) is 39.9. The molecular weight excluding hydrogens is 392 g/mol. The van der Waals surface area contributed by atoms with Crippen LogP contribution in [-0.4, -0.2) is 40.4 Å². The molecule has 1 aliphatic carbocycles. The van der Waals surface area contributed by atoms with Crippen LogP contribution in [0, 0.1) is 44.3 Å². The highest BCUT2D eigenvalue weighted by Crippen LogP contribution is 2.84. The number of Topliss-reactive ketones (excluding diaryl/α,β-unsaturated/α-hetero) is 1. The zero-order chi connectivity index (χ0) is 22.7. The van der Waals surface area contributed by atoms with Gasteiger partial charge in [0.25, 0.3) is 0 Å². The van der Waals surface area contributed by atoms with Gasteiger partial charge in [-0.2, -0.15) is 10.5 Å². The van der Waals surface area contributed by atoms with Crippen molar-refractivity contribution in [2.24, 2.45) is 21.7 Å². The van der Waals surface area contributed by atoms with Crippen molar-refractivity contribution in [1.82, 2.24) is 0 Å². The Balaban J connectivity index is 3.10. The van der Waals surface area contributed by atoms with Crippen LogP contribution in [0.5, 0.6) is 0 Å². The molecule has 0 N–H and O–H groups in total. The number of hydrogen-bond acceptors (Lipinski definition) is 8. The Bertz CT molecular complexity index is 845. The van der Waals surface area contributed by atoms with E-state index in [1.165, 1.54) is 11.8 Å². The molecule has 2 rings (SSSR count). The number of nitrogens with zero attached hydrogens (tertiary/aromatic N) is 2. The first-order valence-corrected chi connectivity index (χ1v) is 10.4. The van der Waals surface area contributed by atoms with Gasteiger partial charge in [0, 0.05) is 15.6 Å². The smallest absolute Gasteiger partial charge is 0.330 e. The molecule has 0 unspecified atom stereocenters. The molecule has 1 spiro atoms. The van der Waals surface area contributed by atoms with Crippen molar-refractivity contribution in [2.75, 3.05) is 13.2 Å². The van der Waals surface area contributed by atoms with Gasteiger partial charge in [-0.25, -0.2) is 0 Å². The average molecular weight is 421 g/mol. The second-order valence-electron chi connectivity index (χ2n) is 9.04. The SMILES string of the molecule is CCOC(=O)[C@@]1(C#N)C(C)(C)SC2(C(C)(C)C(=O)C2(C)C)[C@]1(C#N)C(=O)OCC. The third-order valence-electron chi connectivity index (χ3n) is 6.80. The molecule has 1 aliphatic heterocycles. The minimum Gasteiger partial charge on any atom is -0.465 e. The minimum atomic E-state index is -2.24. The largest absolute Gasteiger partial charge is 0.465 e. The summed E-state index contributed by atoms with van der Waals surface area (Å²) in [6.45, 7) is 13.0. The summed E-state index contributed by atoms with van der Waals surface area (Å²) < 4.78 is 7.96. The average Bonchev–Trinajstić information content (AvgIpc) is 2.84. The standard InChI is InChI=1S/C21H28N2O5S/c1-9-27-14(25)19(11-22)18(7,8)29-21(16(3,4)13(24)17(21,5)6)20(19,12-23)15(26)28-10-2/h9-10H2,1-8H3/t19-,20+/m0/s1. The van der Waals surface area contributed by atoms with Crippen molar-refractivity contribution in [2.45, 2.75) is 64.9 Å². The second kappa shape index (κ2) is 6.47. The Hall–Kier alpha value is -2.06. The molecule has 0 bridgehead atoms. The van der Waals surface area contributed by atoms with Crippen molar-refractivity contribution in [1.29, 1.82) is 10.5 Å². The van der Waals surface area contributed by atoms with E-state index < -0.39 is 43.1 Å². The van der Waals surface area contributed by atoms with E-state index in [1.807, 2.05) is 6.07 Å². The van der Waals surface area contributed by atoms with Crippen LogP contribution in [0.3, 0.4) is 0 Å². The van der Waals surface area contributed by atoms with Gasteiger partial charge in [0.2, 0.25) is 5.41 Å². The molecule has 8 heteroatoms. The highest BCUT2D eigenvalue weighted by molar-refractivity contribution is 8.02. The number of ether oxygens (including phenoxy) is 2. The Morgan fingerprint density at radius 3 is 1.59 bits per heavy atom. The molecule has 2 aliphatic rings. The molecule has 7 nitrogen and oxygen atoms in total. The molecule has 158 valence electrons. The third-order valence-corrected chi connectivity index (χ3v) is 9.25. The predicted molar refractivity (Wildman–Crippen MR) is 106 cm³/mol. The van der Waals surface area contributed by atoms with Crippen LogP contribution < -0.4 is 0 Å². The maximum Gasteiger partial charge on any atom is 0.330 e. The number of ketones is 1. The van der Waals surface area contributed by atoms with Gasteiger partial charge in [-0.05, 0) is 27.7 Å². The fraction of sp³-hybridized carbons (Fsp3) is 0.762. The summed E-state index contributed by atoms with van der Waals surface area (Å²) in [5, 5.41) is 20.9. The lowest BCUT2D eigenvalue weighted by Gasteiger charge is -2.67. The van der Waals surface area contributed by atoms with Crippen LogP contribution in [0.15, 0.2) is 0 Å². The number of thioether (sulfide) groups is 1. The van der Waals surface area contributed by atoms with E-state index in [0.717, 1.165) is 0 Å². The number of esters is 2. The topological polar surface area (TPSA) is 117 Å². The van der Waals surface area contributed by atoms with Gasteiger partial charge in [0.1, 0.15) is 5.78 Å². The van der Waals surface area contributed by atoms with Gasteiger partial charge in [-0.3, -0.25) is 14.4 Å². The predicted octanol–water partition coefficient (Wildman–Crippen LogP) is 3.03. The summed E-state index contributed by atoms with van der Waals surface area (Å²) in [6, 6.07) is 4.07. The quantitative estimate of drug-likeness (QED) is 0.637. The lowest BCUT2D eigenvalue weighted by atomic mass is 9.35. The molecular formula is C21H28N2O5S. The van der Waals surface area contributed by atoms with E-state index in [2.05, 4.69) is 6.07 Å². The Labute approximate surface area is 176 Å². The molecule has 2 atom stereocenters. The first kappa shape index (κ1) is 23.2.